The summed E-state index contributed by atoms with van der Waals surface area (Å²) in [5.74, 6) is -0.324. The lowest BCUT2D eigenvalue weighted by molar-refractivity contribution is -0.110. The summed E-state index contributed by atoms with van der Waals surface area (Å²) in [4.78, 5) is 28.4. The van der Waals surface area contributed by atoms with Crippen LogP contribution in [0.5, 0.6) is 0 Å². The molecule has 10 nitrogen and oxygen atoms in total. The molecular weight excluding hydrogens is 566 g/mol. The second-order valence-corrected chi connectivity index (χ2v) is 13.0. The average molecular weight is 602 g/mol. The predicted molar refractivity (Wildman–Crippen MR) is 166 cm³/mol. The molecule has 3 aliphatic heterocycles. The van der Waals surface area contributed by atoms with Gasteiger partial charge in [-0.3, -0.25) is 9.69 Å². The van der Waals surface area contributed by atoms with Gasteiger partial charge in [0.2, 0.25) is 10.0 Å². The Bertz CT molecular complexity index is 1640. The lowest BCUT2D eigenvalue weighted by atomic mass is 10.00. The zero-order chi connectivity index (χ0) is 30.0. The van der Waals surface area contributed by atoms with E-state index in [2.05, 4.69) is 32.4 Å². The summed E-state index contributed by atoms with van der Waals surface area (Å²) in [5.41, 5.74) is 4.78. The molecule has 2 saturated heterocycles. The third-order valence-electron chi connectivity index (χ3n) is 8.27. The van der Waals surface area contributed by atoms with Crippen molar-refractivity contribution in [2.45, 2.75) is 43.2 Å². The van der Waals surface area contributed by atoms with Crippen molar-refractivity contribution in [1.29, 1.82) is 0 Å². The highest BCUT2D eigenvalue weighted by Crippen LogP contribution is 2.39. The fourth-order valence-corrected chi connectivity index (χ4v) is 7.29. The number of nitrogens with one attached hydrogen (secondary N) is 3. The molecule has 224 valence electrons. The number of piperidine rings is 1. The van der Waals surface area contributed by atoms with Crippen LogP contribution in [0.15, 0.2) is 77.7 Å². The number of fused-ring (bicyclic) bond motifs is 1. The van der Waals surface area contributed by atoms with Gasteiger partial charge in [0.25, 0.3) is 5.91 Å². The Morgan fingerprint density at radius 1 is 0.930 bits per heavy atom. The molecule has 3 aromatic carbocycles. The molecule has 2 amide bonds. The van der Waals surface area contributed by atoms with Crippen molar-refractivity contribution in [3.8, 4) is 0 Å². The van der Waals surface area contributed by atoms with E-state index in [1.54, 1.807) is 6.07 Å². The molecule has 0 aromatic heterocycles. The van der Waals surface area contributed by atoms with Crippen LogP contribution in [0.25, 0.3) is 11.3 Å². The Kier molecular flexibility index (Phi) is 8.20. The molecule has 3 aromatic rings. The Balaban J connectivity index is 1.30. The van der Waals surface area contributed by atoms with Crippen LogP contribution < -0.4 is 15.4 Å². The first-order valence-electron chi connectivity index (χ1n) is 14.6. The highest BCUT2D eigenvalue weighted by Gasteiger charge is 2.32. The van der Waals surface area contributed by atoms with Gasteiger partial charge in [-0.1, -0.05) is 42.5 Å². The molecule has 0 bridgehead atoms. The van der Waals surface area contributed by atoms with Crippen molar-refractivity contribution < 1.29 is 23.1 Å². The van der Waals surface area contributed by atoms with Crippen LogP contribution in [0.3, 0.4) is 0 Å². The molecule has 0 atom stereocenters. The number of nitrogens with zero attached hydrogens (tertiary/aromatic N) is 2. The molecule has 2 fully saturated rings. The fourth-order valence-electron chi connectivity index (χ4n) is 5.96. The molecule has 43 heavy (non-hydrogen) atoms. The van der Waals surface area contributed by atoms with Crippen LogP contribution in [0.2, 0.25) is 0 Å². The Hall–Kier alpha value is -4.19. The number of likely N-dealkylation sites (tertiary alicyclic amines) is 2. The minimum absolute atomic E-state index is 0.0413. The maximum absolute atomic E-state index is 13.4. The lowest BCUT2D eigenvalue weighted by Gasteiger charge is -2.30. The van der Waals surface area contributed by atoms with Crippen LogP contribution in [0, 0.1) is 0 Å². The average Bonchev–Trinajstić information content (AvgIpc) is 3.64. The van der Waals surface area contributed by atoms with Gasteiger partial charge in [0, 0.05) is 42.6 Å². The summed E-state index contributed by atoms with van der Waals surface area (Å²) >= 11 is 0. The number of hydrogen-bond acceptors (Lipinski definition) is 6. The molecule has 11 heteroatoms. The van der Waals surface area contributed by atoms with E-state index in [0.717, 1.165) is 30.9 Å². The van der Waals surface area contributed by atoms with Crippen molar-refractivity contribution in [1.82, 2.24) is 14.5 Å². The van der Waals surface area contributed by atoms with Crippen molar-refractivity contribution in [2.24, 2.45) is 0 Å². The summed E-state index contributed by atoms with van der Waals surface area (Å²) in [6.45, 7) is 3.69. The molecule has 0 spiro atoms. The standard InChI is InChI=1S/C32H35N5O5S/c38-31-29(27-20-26(12-13-28(27)34-31)43(41,42)35-25-14-18-37(19-15-25)32(39)40)30(23-6-2-1-3-7-23)33-24-10-8-22(9-11-24)21-36-16-4-5-17-36/h1-3,6-13,20,25,33,35H,4-5,14-19,21H2,(H,34,38)(H,39,40)/b30-29-. The van der Waals surface area contributed by atoms with E-state index >= 15 is 0 Å². The molecular formula is C32H35N5O5S. The van der Waals surface area contributed by atoms with Gasteiger partial charge in [0.1, 0.15) is 0 Å². The van der Waals surface area contributed by atoms with E-state index in [9.17, 15) is 23.1 Å². The van der Waals surface area contributed by atoms with Gasteiger partial charge in [-0.25, -0.2) is 17.9 Å². The van der Waals surface area contributed by atoms with Crippen molar-refractivity contribution >= 4 is 44.7 Å². The number of benzene rings is 3. The van der Waals surface area contributed by atoms with Gasteiger partial charge in [0.15, 0.2) is 0 Å². The van der Waals surface area contributed by atoms with E-state index in [1.165, 1.54) is 35.4 Å². The smallest absolute Gasteiger partial charge is 0.407 e. The van der Waals surface area contributed by atoms with Gasteiger partial charge >= 0.3 is 6.09 Å². The van der Waals surface area contributed by atoms with E-state index in [1.807, 2.05) is 42.5 Å². The third kappa shape index (κ3) is 6.43. The molecule has 4 N–H and O–H groups in total. The van der Waals surface area contributed by atoms with Gasteiger partial charge in [-0.15, -0.1) is 0 Å². The van der Waals surface area contributed by atoms with Crippen LogP contribution in [0.1, 0.15) is 42.4 Å². The molecule has 0 saturated carbocycles. The van der Waals surface area contributed by atoms with Gasteiger partial charge in [-0.05, 0) is 80.2 Å². The Morgan fingerprint density at radius 2 is 1.63 bits per heavy atom. The highest BCUT2D eigenvalue weighted by atomic mass is 32.2. The van der Waals surface area contributed by atoms with Crippen molar-refractivity contribution in [3.05, 3.63) is 89.5 Å². The minimum Gasteiger partial charge on any atom is -0.465 e. The first-order chi connectivity index (χ1) is 20.8. The number of amides is 2. The number of carbonyl (C=O) groups excluding carboxylic acids is 1. The monoisotopic (exact) mass is 601 g/mol. The van der Waals surface area contributed by atoms with Gasteiger partial charge in [-0.2, -0.15) is 0 Å². The topological polar surface area (TPSA) is 131 Å². The quantitative estimate of drug-likeness (QED) is 0.277. The number of hydrogen-bond donors (Lipinski definition) is 4. The van der Waals surface area contributed by atoms with Crippen LogP contribution >= 0.6 is 0 Å². The minimum atomic E-state index is -3.93. The number of carbonyl (C=O) groups is 2. The SMILES string of the molecule is O=C1Nc2ccc(S(=O)(=O)NC3CCN(C(=O)O)CC3)cc2/C1=C(/Nc1ccc(CN2CCCC2)cc1)c1ccccc1. The van der Waals surface area contributed by atoms with Gasteiger partial charge in [0.05, 0.1) is 16.2 Å². The molecule has 3 heterocycles. The fraction of sp³-hybridized carbons (Fsp3) is 0.312. The predicted octanol–water partition coefficient (Wildman–Crippen LogP) is 4.64. The molecule has 3 aliphatic rings. The second-order valence-electron chi connectivity index (χ2n) is 11.2. The molecule has 0 aliphatic carbocycles. The van der Waals surface area contributed by atoms with Gasteiger partial charge < -0.3 is 20.6 Å². The van der Waals surface area contributed by atoms with Crippen LogP contribution in [-0.4, -0.2) is 67.5 Å². The first-order valence-corrected chi connectivity index (χ1v) is 16.1. The van der Waals surface area contributed by atoms with E-state index < -0.39 is 16.1 Å². The summed E-state index contributed by atoms with van der Waals surface area (Å²) in [6.07, 6.45) is 2.25. The molecule has 0 unspecified atom stereocenters. The van der Waals surface area contributed by atoms with E-state index in [0.29, 0.717) is 35.4 Å². The van der Waals surface area contributed by atoms with Crippen molar-refractivity contribution in [2.75, 3.05) is 36.8 Å². The Morgan fingerprint density at radius 3 is 2.30 bits per heavy atom. The molecule has 0 radical (unpaired) electrons. The lowest BCUT2D eigenvalue weighted by Crippen LogP contribution is -2.46. The summed E-state index contributed by atoms with van der Waals surface area (Å²) in [7, 11) is -3.93. The largest absolute Gasteiger partial charge is 0.465 e. The Labute approximate surface area is 251 Å². The third-order valence-corrected chi connectivity index (χ3v) is 9.79. The maximum Gasteiger partial charge on any atom is 0.407 e. The number of anilines is 2. The van der Waals surface area contributed by atoms with E-state index in [-0.39, 0.29) is 29.9 Å². The second kappa shape index (κ2) is 12.2. The number of rotatable bonds is 8. The highest BCUT2D eigenvalue weighted by molar-refractivity contribution is 7.89. The zero-order valence-electron chi connectivity index (χ0n) is 23.8. The maximum atomic E-state index is 13.4. The van der Waals surface area contributed by atoms with Crippen LogP contribution in [0.4, 0.5) is 16.2 Å². The van der Waals surface area contributed by atoms with Crippen LogP contribution in [-0.2, 0) is 21.4 Å². The normalized spacial score (nSPS) is 18.8. The van der Waals surface area contributed by atoms with E-state index in [4.69, 9.17) is 0 Å². The summed E-state index contributed by atoms with van der Waals surface area (Å²) < 4.78 is 29.5. The zero-order valence-corrected chi connectivity index (χ0v) is 24.6. The first kappa shape index (κ1) is 28.9. The summed E-state index contributed by atoms with van der Waals surface area (Å²) in [6, 6.07) is 21.9. The molecule has 6 rings (SSSR count). The van der Waals surface area contributed by atoms with Crippen molar-refractivity contribution in [3.63, 3.8) is 0 Å². The summed E-state index contributed by atoms with van der Waals surface area (Å²) in [5, 5.41) is 15.5. The number of carboxylic acid groups (broad SMARTS) is 1. The number of sulfonamides is 1.